The second-order valence-electron chi connectivity index (χ2n) is 3.44. The summed E-state index contributed by atoms with van der Waals surface area (Å²) in [7, 11) is 0. The number of hydrogen-bond acceptors (Lipinski definition) is 4. The van der Waals surface area contributed by atoms with Gasteiger partial charge in [0.15, 0.2) is 0 Å². The Bertz CT molecular complexity index is 270. The number of carbonyl (C=O) groups excluding carboxylic acids is 2. The van der Waals surface area contributed by atoms with Crippen LogP contribution in [0.2, 0.25) is 0 Å². The first kappa shape index (κ1) is 11.8. The molecular weight excluding hydrogens is 196 g/mol. The smallest absolute Gasteiger partial charge is 0.313 e. The molecule has 0 aromatic heterocycles. The summed E-state index contributed by atoms with van der Waals surface area (Å²) in [6, 6.07) is 0. The van der Waals surface area contributed by atoms with Crippen molar-refractivity contribution in [2.45, 2.75) is 32.8 Å². The average Bonchev–Trinajstić information content (AvgIpc) is 2.18. The monoisotopic (exact) mass is 212 g/mol. The van der Waals surface area contributed by atoms with Gasteiger partial charge in [-0.1, -0.05) is 6.08 Å². The van der Waals surface area contributed by atoms with Crippen molar-refractivity contribution in [3.05, 3.63) is 12.2 Å². The van der Waals surface area contributed by atoms with Gasteiger partial charge in [-0.15, -0.1) is 0 Å². The Hall–Kier alpha value is -1.32. The fourth-order valence-corrected chi connectivity index (χ4v) is 1.62. The Morgan fingerprint density at radius 2 is 2.20 bits per heavy atom. The number of rotatable bonds is 3. The number of carbonyl (C=O) groups is 2. The van der Waals surface area contributed by atoms with E-state index in [1.54, 1.807) is 13.0 Å². The lowest BCUT2D eigenvalue weighted by Gasteiger charge is -2.25. The third-order valence-electron chi connectivity index (χ3n) is 2.26. The minimum Gasteiger partial charge on any atom is -0.466 e. The first-order chi connectivity index (χ1) is 7.15. The molecule has 0 aliphatic heterocycles. The average molecular weight is 212 g/mol. The van der Waals surface area contributed by atoms with Crippen molar-refractivity contribution in [2.24, 2.45) is 5.92 Å². The largest absolute Gasteiger partial charge is 0.466 e. The van der Waals surface area contributed by atoms with Gasteiger partial charge >= 0.3 is 11.9 Å². The van der Waals surface area contributed by atoms with E-state index in [1.165, 1.54) is 6.92 Å². The van der Waals surface area contributed by atoms with E-state index in [9.17, 15) is 9.59 Å². The third-order valence-corrected chi connectivity index (χ3v) is 2.26. The maximum atomic E-state index is 11.5. The van der Waals surface area contributed by atoms with E-state index in [4.69, 9.17) is 9.47 Å². The molecule has 1 aliphatic rings. The highest BCUT2D eigenvalue weighted by atomic mass is 16.6. The predicted octanol–water partition coefficient (Wildman–Crippen LogP) is 1.45. The number of esters is 2. The van der Waals surface area contributed by atoms with Crippen molar-refractivity contribution >= 4 is 11.9 Å². The molecule has 0 heterocycles. The Kier molecular flexibility index (Phi) is 4.34. The number of hydrogen-bond donors (Lipinski definition) is 0. The highest BCUT2D eigenvalue weighted by Crippen LogP contribution is 2.23. The summed E-state index contributed by atoms with van der Waals surface area (Å²) in [5.41, 5.74) is 0. The lowest BCUT2D eigenvalue weighted by atomic mass is 9.91. The van der Waals surface area contributed by atoms with Gasteiger partial charge < -0.3 is 9.47 Å². The van der Waals surface area contributed by atoms with Crippen LogP contribution in [0.15, 0.2) is 12.2 Å². The zero-order valence-electron chi connectivity index (χ0n) is 9.06. The van der Waals surface area contributed by atoms with Gasteiger partial charge in [0.25, 0.3) is 0 Å². The van der Waals surface area contributed by atoms with Gasteiger partial charge in [-0.05, 0) is 25.8 Å². The van der Waals surface area contributed by atoms with Crippen LogP contribution in [0.25, 0.3) is 0 Å². The van der Waals surface area contributed by atoms with E-state index < -0.39 is 6.10 Å². The lowest BCUT2D eigenvalue weighted by molar-refractivity contribution is -0.158. The van der Waals surface area contributed by atoms with E-state index >= 15 is 0 Å². The Balaban J connectivity index is 2.63. The molecule has 0 saturated carbocycles. The van der Waals surface area contributed by atoms with Gasteiger partial charge in [0.2, 0.25) is 0 Å². The molecular formula is C11H16O4. The van der Waals surface area contributed by atoms with E-state index in [1.807, 2.05) is 6.08 Å². The molecule has 1 aliphatic carbocycles. The molecule has 0 radical (unpaired) electrons. The Morgan fingerprint density at radius 1 is 1.47 bits per heavy atom. The molecule has 4 nitrogen and oxygen atoms in total. The van der Waals surface area contributed by atoms with Gasteiger partial charge in [0.05, 0.1) is 12.5 Å². The summed E-state index contributed by atoms with van der Waals surface area (Å²) in [6.07, 6.45) is 4.71. The molecule has 0 fully saturated rings. The minimum absolute atomic E-state index is 0.284. The second kappa shape index (κ2) is 5.53. The van der Waals surface area contributed by atoms with E-state index in [0.717, 1.165) is 6.42 Å². The maximum Gasteiger partial charge on any atom is 0.313 e. The maximum absolute atomic E-state index is 11.5. The molecule has 0 amide bonds. The Morgan fingerprint density at radius 3 is 2.80 bits per heavy atom. The molecule has 15 heavy (non-hydrogen) atoms. The van der Waals surface area contributed by atoms with Crippen molar-refractivity contribution < 1.29 is 19.1 Å². The summed E-state index contributed by atoms with van der Waals surface area (Å²) in [5, 5.41) is 0. The molecule has 84 valence electrons. The summed E-state index contributed by atoms with van der Waals surface area (Å²) in [5.74, 6) is -1.01. The predicted molar refractivity (Wildman–Crippen MR) is 54.1 cm³/mol. The molecule has 2 atom stereocenters. The van der Waals surface area contributed by atoms with Crippen LogP contribution in [0.3, 0.4) is 0 Å². The molecule has 0 aromatic rings. The van der Waals surface area contributed by atoms with Crippen LogP contribution in [-0.4, -0.2) is 24.6 Å². The topological polar surface area (TPSA) is 52.6 Å². The SMILES string of the molecule is CCOC(=O)C1CCC=CC1OC(C)=O. The van der Waals surface area contributed by atoms with Crippen LogP contribution in [0.4, 0.5) is 0 Å². The number of ether oxygens (including phenoxy) is 2. The summed E-state index contributed by atoms with van der Waals surface area (Å²) >= 11 is 0. The van der Waals surface area contributed by atoms with Crippen LogP contribution >= 0.6 is 0 Å². The molecule has 0 spiro atoms. The first-order valence-corrected chi connectivity index (χ1v) is 5.15. The van der Waals surface area contributed by atoms with Gasteiger partial charge in [-0.3, -0.25) is 9.59 Å². The molecule has 4 heteroatoms. The lowest BCUT2D eigenvalue weighted by Crippen LogP contribution is -2.33. The van der Waals surface area contributed by atoms with E-state index in [0.29, 0.717) is 13.0 Å². The van der Waals surface area contributed by atoms with Gasteiger partial charge in [-0.2, -0.15) is 0 Å². The molecule has 0 aromatic carbocycles. The first-order valence-electron chi connectivity index (χ1n) is 5.15. The second-order valence-corrected chi connectivity index (χ2v) is 3.44. The quantitative estimate of drug-likeness (QED) is 0.525. The van der Waals surface area contributed by atoms with Crippen molar-refractivity contribution in [1.29, 1.82) is 0 Å². The van der Waals surface area contributed by atoms with Crippen LogP contribution in [0.5, 0.6) is 0 Å². The summed E-state index contributed by atoms with van der Waals surface area (Å²) in [4.78, 5) is 22.4. The third kappa shape index (κ3) is 3.38. The zero-order valence-corrected chi connectivity index (χ0v) is 9.06. The highest BCUT2D eigenvalue weighted by molar-refractivity contribution is 5.75. The molecule has 0 saturated heterocycles. The summed E-state index contributed by atoms with van der Waals surface area (Å²) < 4.78 is 9.97. The van der Waals surface area contributed by atoms with Crippen molar-refractivity contribution in [1.82, 2.24) is 0 Å². The van der Waals surface area contributed by atoms with Crippen molar-refractivity contribution in [2.75, 3.05) is 6.61 Å². The van der Waals surface area contributed by atoms with Crippen LogP contribution in [0.1, 0.15) is 26.7 Å². The normalized spacial score (nSPS) is 24.7. The van der Waals surface area contributed by atoms with Crippen LogP contribution in [-0.2, 0) is 19.1 Å². The minimum atomic E-state index is -0.463. The Labute approximate surface area is 89.2 Å². The highest BCUT2D eigenvalue weighted by Gasteiger charge is 2.31. The van der Waals surface area contributed by atoms with Gasteiger partial charge in [0, 0.05) is 6.92 Å². The van der Waals surface area contributed by atoms with Gasteiger partial charge in [-0.25, -0.2) is 0 Å². The molecule has 0 bridgehead atoms. The standard InChI is InChI=1S/C11H16O4/c1-3-14-11(13)9-6-4-5-7-10(9)15-8(2)12/h5,7,9-10H,3-4,6H2,1-2H3. The van der Waals surface area contributed by atoms with Crippen molar-refractivity contribution in [3.63, 3.8) is 0 Å². The van der Waals surface area contributed by atoms with E-state index in [2.05, 4.69) is 0 Å². The fraction of sp³-hybridized carbons (Fsp3) is 0.636. The van der Waals surface area contributed by atoms with Crippen LogP contribution in [0, 0.1) is 5.92 Å². The molecule has 1 rings (SSSR count). The fourth-order valence-electron chi connectivity index (χ4n) is 1.62. The number of allylic oxidation sites excluding steroid dienone is 1. The van der Waals surface area contributed by atoms with Crippen LogP contribution < -0.4 is 0 Å². The zero-order chi connectivity index (χ0) is 11.3. The summed E-state index contributed by atoms with van der Waals surface area (Å²) in [6.45, 7) is 3.45. The van der Waals surface area contributed by atoms with Gasteiger partial charge in [0.1, 0.15) is 6.10 Å². The molecule has 2 unspecified atom stereocenters. The van der Waals surface area contributed by atoms with E-state index in [-0.39, 0.29) is 17.9 Å². The van der Waals surface area contributed by atoms with Crippen molar-refractivity contribution in [3.8, 4) is 0 Å². The molecule has 0 N–H and O–H groups in total.